The Labute approximate surface area is 128 Å². The van der Waals surface area contributed by atoms with E-state index in [2.05, 4.69) is 36.2 Å². The molecular formula is C18H29NO2. The number of aliphatic hydroxyl groups is 1. The summed E-state index contributed by atoms with van der Waals surface area (Å²) in [6.07, 6.45) is 4.01. The van der Waals surface area contributed by atoms with E-state index in [4.69, 9.17) is 4.74 Å². The molecule has 1 aromatic rings. The third-order valence-corrected chi connectivity index (χ3v) is 4.29. The highest BCUT2D eigenvalue weighted by Crippen LogP contribution is 2.17. The predicted octanol–water partition coefficient (Wildman–Crippen LogP) is 3.00. The molecule has 3 heteroatoms. The van der Waals surface area contributed by atoms with E-state index < -0.39 is 5.60 Å². The predicted molar refractivity (Wildman–Crippen MR) is 86.4 cm³/mol. The zero-order valence-electron chi connectivity index (χ0n) is 13.6. The zero-order valence-corrected chi connectivity index (χ0v) is 13.6. The molecule has 1 N–H and O–H groups in total. The summed E-state index contributed by atoms with van der Waals surface area (Å²) in [4.78, 5) is 2.44. The van der Waals surface area contributed by atoms with E-state index in [0.717, 1.165) is 45.4 Å². The van der Waals surface area contributed by atoms with Crippen molar-refractivity contribution in [1.82, 2.24) is 4.90 Å². The second kappa shape index (κ2) is 7.39. The lowest BCUT2D eigenvalue weighted by Crippen LogP contribution is -2.36. The molecule has 0 atom stereocenters. The van der Waals surface area contributed by atoms with Gasteiger partial charge in [0.1, 0.15) is 0 Å². The Kier molecular flexibility index (Phi) is 5.80. The molecule has 1 aliphatic heterocycles. The SMILES string of the molecule is CN(Cc1ccc(CCC(C)(C)O)cc1)C1CCOCC1. The highest BCUT2D eigenvalue weighted by molar-refractivity contribution is 5.22. The van der Waals surface area contributed by atoms with Crippen molar-refractivity contribution in [3.63, 3.8) is 0 Å². The van der Waals surface area contributed by atoms with Crippen LogP contribution in [0.2, 0.25) is 0 Å². The van der Waals surface area contributed by atoms with Crippen molar-refractivity contribution < 1.29 is 9.84 Å². The fourth-order valence-electron chi connectivity index (χ4n) is 2.80. The summed E-state index contributed by atoms with van der Waals surface area (Å²) in [5, 5.41) is 9.78. The molecule has 1 fully saturated rings. The zero-order chi connectivity index (χ0) is 15.3. The lowest BCUT2D eigenvalue weighted by molar-refractivity contribution is 0.0407. The summed E-state index contributed by atoms with van der Waals surface area (Å²) in [5.41, 5.74) is 2.08. The van der Waals surface area contributed by atoms with Gasteiger partial charge in [0.05, 0.1) is 5.60 Å². The molecule has 0 saturated carbocycles. The van der Waals surface area contributed by atoms with Gasteiger partial charge in [0.15, 0.2) is 0 Å². The Morgan fingerprint density at radius 1 is 1.14 bits per heavy atom. The molecule has 1 aliphatic rings. The minimum atomic E-state index is -0.581. The Hall–Kier alpha value is -0.900. The number of rotatable bonds is 6. The number of hydrogen-bond acceptors (Lipinski definition) is 3. The van der Waals surface area contributed by atoms with Gasteiger partial charge in [-0.25, -0.2) is 0 Å². The van der Waals surface area contributed by atoms with Gasteiger partial charge in [-0.1, -0.05) is 24.3 Å². The van der Waals surface area contributed by atoms with Gasteiger partial charge in [0.2, 0.25) is 0 Å². The normalized spacial score (nSPS) is 17.4. The van der Waals surface area contributed by atoms with Crippen LogP contribution in [0.5, 0.6) is 0 Å². The van der Waals surface area contributed by atoms with Crippen LogP contribution in [-0.4, -0.2) is 41.9 Å². The standard InChI is InChI=1S/C18H29NO2/c1-18(2,20)11-8-15-4-6-16(7-5-15)14-19(3)17-9-12-21-13-10-17/h4-7,17,20H,8-14H2,1-3H3. The van der Waals surface area contributed by atoms with Gasteiger partial charge in [-0.05, 0) is 57.7 Å². The Bertz CT molecular complexity index is 416. The van der Waals surface area contributed by atoms with E-state index in [1.807, 2.05) is 13.8 Å². The van der Waals surface area contributed by atoms with Crippen LogP contribution in [-0.2, 0) is 17.7 Å². The van der Waals surface area contributed by atoms with Crippen molar-refractivity contribution in [2.45, 2.75) is 57.7 Å². The van der Waals surface area contributed by atoms with Crippen molar-refractivity contribution in [2.75, 3.05) is 20.3 Å². The second-order valence-electron chi connectivity index (χ2n) is 6.89. The molecule has 1 aromatic carbocycles. The lowest BCUT2D eigenvalue weighted by atomic mass is 9.98. The minimum Gasteiger partial charge on any atom is -0.390 e. The Morgan fingerprint density at radius 3 is 2.29 bits per heavy atom. The van der Waals surface area contributed by atoms with Crippen LogP contribution >= 0.6 is 0 Å². The van der Waals surface area contributed by atoms with E-state index in [0.29, 0.717) is 6.04 Å². The van der Waals surface area contributed by atoms with E-state index >= 15 is 0 Å². The summed E-state index contributed by atoms with van der Waals surface area (Å²) >= 11 is 0. The molecule has 0 radical (unpaired) electrons. The molecule has 0 amide bonds. The molecule has 118 valence electrons. The Morgan fingerprint density at radius 2 is 1.71 bits per heavy atom. The van der Waals surface area contributed by atoms with E-state index in [1.165, 1.54) is 11.1 Å². The highest BCUT2D eigenvalue weighted by atomic mass is 16.5. The van der Waals surface area contributed by atoms with Crippen LogP contribution in [0.15, 0.2) is 24.3 Å². The number of hydrogen-bond donors (Lipinski definition) is 1. The van der Waals surface area contributed by atoms with Gasteiger partial charge in [-0.15, -0.1) is 0 Å². The molecule has 3 nitrogen and oxygen atoms in total. The van der Waals surface area contributed by atoms with Gasteiger partial charge in [-0.2, -0.15) is 0 Å². The second-order valence-corrected chi connectivity index (χ2v) is 6.89. The van der Waals surface area contributed by atoms with Crippen molar-refractivity contribution in [2.24, 2.45) is 0 Å². The average molecular weight is 291 g/mol. The maximum atomic E-state index is 9.78. The molecule has 0 spiro atoms. The van der Waals surface area contributed by atoms with Gasteiger partial charge in [0, 0.05) is 25.8 Å². The molecule has 1 saturated heterocycles. The first kappa shape index (κ1) is 16.5. The molecule has 21 heavy (non-hydrogen) atoms. The lowest BCUT2D eigenvalue weighted by Gasteiger charge is -2.31. The third-order valence-electron chi connectivity index (χ3n) is 4.29. The van der Waals surface area contributed by atoms with Gasteiger partial charge >= 0.3 is 0 Å². The molecule has 0 bridgehead atoms. The van der Waals surface area contributed by atoms with E-state index in [9.17, 15) is 5.11 Å². The summed E-state index contributed by atoms with van der Waals surface area (Å²) in [7, 11) is 2.21. The van der Waals surface area contributed by atoms with Gasteiger partial charge in [-0.3, -0.25) is 4.90 Å². The average Bonchev–Trinajstić information content (AvgIpc) is 2.46. The van der Waals surface area contributed by atoms with Crippen molar-refractivity contribution in [1.29, 1.82) is 0 Å². The van der Waals surface area contributed by atoms with Crippen LogP contribution in [0.4, 0.5) is 0 Å². The smallest absolute Gasteiger partial charge is 0.0594 e. The quantitative estimate of drug-likeness (QED) is 0.874. The van der Waals surface area contributed by atoms with E-state index in [1.54, 1.807) is 0 Å². The third kappa shape index (κ3) is 5.77. The summed E-state index contributed by atoms with van der Waals surface area (Å²) in [6.45, 7) is 6.51. The summed E-state index contributed by atoms with van der Waals surface area (Å²) in [6, 6.07) is 9.47. The number of ether oxygens (including phenoxy) is 1. The molecule has 0 aromatic heterocycles. The molecule has 0 unspecified atom stereocenters. The topological polar surface area (TPSA) is 32.7 Å². The van der Waals surface area contributed by atoms with E-state index in [-0.39, 0.29) is 0 Å². The van der Waals surface area contributed by atoms with Crippen LogP contribution in [0.1, 0.15) is 44.2 Å². The van der Waals surface area contributed by atoms with Crippen molar-refractivity contribution >= 4 is 0 Å². The molecule has 2 rings (SSSR count). The number of aryl methyl sites for hydroxylation is 1. The van der Waals surface area contributed by atoms with Gasteiger partial charge < -0.3 is 9.84 Å². The minimum absolute atomic E-state index is 0.581. The van der Waals surface area contributed by atoms with Crippen LogP contribution < -0.4 is 0 Å². The van der Waals surface area contributed by atoms with Crippen LogP contribution in [0, 0.1) is 0 Å². The fraction of sp³-hybridized carbons (Fsp3) is 0.667. The summed E-state index contributed by atoms with van der Waals surface area (Å²) in [5.74, 6) is 0. The number of benzene rings is 1. The molecule has 0 aliphatic carbocycles. The van der Waals surface area contributed by atoms with Crippen LogP contribution in [0.3, 0.4) is 0 Å². The fourth-order valence-corrected chi connectivity index (χ4v) is 2.80. The number of nitrogens with zero attached hydrogens (tertiary/aromatic N) is 1. The molecule has 1 heterocycles. The monoisotopic (exact) mass is 291 g/mol. The van der Waals surface area contributed by atoms with Gasteiger partial charge in [0.25, 0.3) is 0 Å². The maximum Gasteiger partial charge on any atom is 0.0594 e. The van der Waals surface area contributed by atoms with Crippen LogP contribution in [0.25, 0.3) is 0 Å². The largest absolute Gasteiger partial charge is 0.390 e. The first-order valence-corrected chi connectivity index (χ1v) is 8.02. The maximum absolute atomic E-state index is 9.78. The first-order valence-electron chi connectivity index (χ1n) is 8.02. The highest BCUT2D eigenvalue weighted by Gasteiger charge is 2.18. The molecular weight excluding hydrogens is 262 g/mol. The van der Waals surface area contributed by atoms with Crippen molar-refractivity contribution in [3.8, 4) is 0 Å². The summed E-state index contributed by atoms with van der Waals surface area (Å²) < 4.78 is 5.42. The first-order chi connectivity index (χ1) is 9.94. The Balaban J connectivity index is 1.84. The van der Waals surface area contributed by atoms with Crippen molar-refractivity contribution in [3.05, 3.63) is 35.4 Å².